The topological polar surface area (TPSA) is 306 Å². The van der Waals surface area contributed by atoms with Crippen molar-refractivity contribution in [1.29, 1.82) is 0 Å². The van der Waals surface area contributed by atoms with E-state index >= 15 is 0 Å². The van der Waals surface area contributed by atoms with Gasteiger partial charge in [-0.1, -0.05) is 71.1 Å². The van der Waals surface area contributed by atoms with E-state index in [4.69, 9.17) is 33.2 Å². The molecule has 3 aliphatic heterocycles. The van der Waals surface area contributed by atoms with Crippen molar-refractivity contribution in [3.8, 4) is 5.75 Å². The number of rotatable bonds is 11. The van der Waals surface area contributed by atoms with E-state index in [1.165, 1.54) is 26.4 Å². The Bertz CT molecular complexity index is 2610. The number of hydrogen-bond donors (Lipinski definition) is 5. The number of aliphatic hydroxyl groups is 2. The first-order chi connectivity index (χ1) is 38.5. The van der Waals surface area contributed by atoms with E-state index in [1.54, 1.807) is 40.9 Å². The Morgan fingerprint density at radius 3 is 2.17 bits per heavy atom. The number of aliphatic hydroxyl groups excluding tert-OH is 1. The second kappa shape index (κ2) is 30.5. The van der Waals surface area contributed by atoms with Crippen LogP contribution in [0.2, 0.25) is 0 Å². The SMILES string of the molecule is CO[C@H]1C[C@@H]2CC[C@@H](C)[C@@](O)(O2)C(=O)C(=O)N2CCCC[C@H]2C(=O)O[C@H]([C@H](C)C[C@@H]2CC[C@@H](OC(=O)Oc3ccc(P(=O)(O)CP(=O)(O)O)cc3)[C@H](OC)C2)CC(=O)[C@H](C)/C=C(\C)[C@@H](O)[C@@H](OC)C(=O)[C@H](C)C[C@H](C)/C=C/C=CC=C1C. The number of carbonyl (C=O) groups is 6. The molecule has 1 aromatic carbocycles. The van der Waals surface area contributed by atoms with Crippen molar-refractivity contribution in [3.63, 3.8) is 0 Å². The zero-order valence-electron chi connectivity index (χ0n) is 49.0. The van der Waals surface area contributed by atoms with Gasteiger partial charge in [-0.3, -0.25) is 28.3 Å². The number of piperidine rings is 1. The Balaban J connectivity index is 1.40. The number of ether oxygens (including phenoxy) is 7. The molecule has 82 heavy (non-hydrogen) atoms. The van der Waals surface area contributed by atoms with Crippen molar-refractivity contribution in [2.45, 2.75) is 180 Å². The average Bonchev–Trinajstić information content (AvgIpc) is 3.37. The minimum atomic E-state index is -4.82. The van der Waals surface area contributed by atoms with Crippen LogP contribution in [-0.4, -0.2) is 154 Å². The van der Waals surface area contributed by atoms with E-state index in [-0.39, 0.29) is 60.3 Å². The number of ketones is 3. The molecule has 0 aromatic heterocycles. The smallest absolute Gasteiger partial charge is 0.460 e. The lowest BCUT2D eigenvalue weighted by atomic mass is 9.78. The Morgan fingerprint density at radius 1 is 0.829 bits per heavy atom. The lowest BCUT2D eigenvalue weighted by Crippen LogP contribution is -2.61. The molecule has 1 aromatic rings. The Morgan fingerprint density at radius 2 is 1.52 bits per heavy atom. The van der Waals surface area contributed by atoms with Gasteiger partial charge in [0.25, 0.3) is 11.7 Å². The van der Waals surface area contributed by atoms with E-state index in [9.17, 15) is 62.8 Å². The molecule has 2 bridgehead atoms. The predicted molar refractivity (Wildman–Crippen MR) is 303 cm³/mol. The lowest BCUT2D eigenvalue weighted by Gasteiger charge is -2.42. The van der Waals surface area contributed by atoms with E-state index in [0.29, 0.717) is 63.4 Å². The third-order valence-corrected chi connectivity index (χ3v) is 20.6. The molecule has 23 heteroatoms. The number of amides is 1. The quantitative estimate of drug-likeness (QED) is 0.0473. The summed E-state index contributed by atoms with van der Waals surface area (Å²) in [6.07, 6.45) is 7.66. The van der Waals surface area contributed by atoms with Crippen LogP contribution in [0, 0.1) is 35.5 Å². The number of carbonyl (C=O) groups excluding carboxylic acids is 6. The van der Waals surface area contributed by atoms with Gasteiger partial charge in [-0.05, 0) is 131 Å². The fourth-order valence-electron chi connectivity index (χ4n) is 11.6. The van der Waals surface area contributed by atoms with Crippen molar-refractivity contribution in [3.05, 3.63) is 71.9 Å². The van der Waals surface area contributed by atoms with E-state index in [2.05, 4.69) is 0 Å². The van der Waals surface area contributed by atoms with Crippen molar-refractivity contribution in [2.75, 3.05) is 33.8 Å². The number of nitrogens with zero attached hydrogens (tertiary/aromatic N) is 1. The van der Waals surface area contributed by atoms with Crippen LogP contribution in [0.3, 0.4) is 0 Å². The molecule has 1 amide bonds. The second-order valence-electron chi connectivity index (χ2n) is 23.0. The third kappa shape index (κ3) is 18.7. The highest BCUT2D eigenvalue weighted by Crippen LogP contribution is 2.54. The zero-order chi connectivity index (χ0) is 60.9. The minimum Gasteiger partial charge on any atom is -0.460 e. The highest BCUT2D eigenvalue weighted by Gasteiger charge is 2.53. The number of esters is 1. The standard InChI is InChI=1S/C59H87NO20P2/c1-35-16-12-11-13-17-36(2)49(74-8)32-44-21-19-41(7)59(68,80-44)55(64)56(65)60-27-15-14-18-46(60)57(66)78-50(33-47(61)37(3)29-40(6)53(63)54(76-10)52(62)39(5)28-35)38(4)30-42-20-26-48(51(31-42)75-9)79-58(67)77-43-22-24-45(25-23-43)81(69,70)34-82(71,72)73/h11-13,16-17,22-25,29,35,37-39,41-42,44,46,48-51,53-54,63,68H,14-15,18-21,26-28,30-34H2,1-10H3,(H,69,70)(H2,71,72,73)/b13-11?,16-12+,36-17?,40-29+/t35-,37-,38-,39-,41-,42+,44+,46+,48-,49+,50+,51-,53-,54+,59-/m1/s1. The molecule has 0 radical (unpaired) electrons. The molecule has 0 spiro atoms. The molecule has 1 unspecified atom stereocenters. The molecule has 21 nitrogen and oxygen atoms in total. The van der Waals surface area contributed by atoms with Crippen LogP contribution >= 0.6 is 15.0 Å². The van der Waals surface area contributed by atoms with Crippen LogP contribution < -0.4 is 10.0 Å². The molecule has 3 heterocycles. The van der Waals surface area contributed by atoms with E-state index < -0.39 is 123 Å². The normalized spacial score (nSPS) is 34.3. The number of cyclic esters (lactones) is 1. The summed E-state index contributed by atoms with van der Waals surface area (Å²) in [5.74, 6) is -10.4. The summed E-state index contributed by atoms with van der Waals surface area (Å²) in [5.41, 5.74) is 1.16. The molecule has 5 rings (SSSR count). The van der Waals surface area contributed by atoms with Gasteiger partial charge in [-0.2, -0.15) is 0 Å². The van der Waals surface area contributed by atoms with Crippen LogP contribution in [0.1, 0.15) is 126 Å². The zero-order valence-corrected chi connectivity index (χ0v) is 50.7. The molecule has 1 aliphatic carbocycles. The van der Waals surface area contributed by atoms with E-state index in [0.717, 1.165) is 22.6 Å². The molecule has 1 saturated carbocycles. The summed E-state index contributed by atoms with van der Waals surface area (Å²) < 4.78 is 64.6. The maximum Gasteiger partial charge on any atom is 0.514 e. The maximum atomic E-state index is 14.6. The summed E-state index contributed by atoms with van der Waals surface area (Å²) in [5, 5.41) is 23.3. The van der Waals surface area contributed by atoms with Crippen molar-refractivity contribution >= 4 is 55.7 Å². The fraction of sp³-hybridized carbons (Fsp3) is 0.661. The lowest BCUT2D eigenvalue weighted by molar-refractivity contribution is -0.265. The van der Waals surface area contributed by atoms with Crippen molar-refractivity contribution in [1.82, 2.24) is 4.90 Å². The van der Waals surface area contributed by atoms with Gasteiger partial charge in [-0.25, -0.2) is 9.59 Å². The first kappa shape index (κ1) is 68.3. The monoisotopic (exact) mass is 1190 g/mol. The van der Waals surface area contributed by atoms with Crippen molar-refractivity contribution < 1.29 is 95.9 Å². The molecular weight excluding hydrogens is 1100 g/mol. The third-order valence-electron chi connectivity index (χ3n) is 16.5. The highest BCUT2D eigenvalue weighted by atomic mass is 31.2. The van der Waals surface area contributed by atoms with Crippen LogP contribution in [0.5, 0.6) is 5.75 Å². The Kier molecular flexibility index (Phi) is 25.4. The highest BCUT2D eigenvalue weighted by molar-refractivity contribution is 7.77. The largest absolute Gasteiger partial charge is 0.514 e. The number of benzene rings is 1. The number of Topliss-reactive ketones (excluding diaryl/α,β-unsaturated/α-hetero) is 3. The second-order valence-corrected chi connectivity index (χ2v) is 27.4. The van der Waals surface area contributed by atoms with Crippen LogP contribution in [0.15, 0.2) is 71.9 Å². The van der Waals surface area contributed by atoms with Gasteiger partial charge in [-0.15, -0.1) is 0 Å². The number of allylic oxidation sites excluding steroid dienone is 6. The number of methoxy groups -OCH3 is 3. The molecule has 2 saturated heterocycles. The Hall–Kier alpha value is -4.50. The van der Waals surface area contributed by atoms with Gasteiger partial charge in [0.1, 0.15) is 47.9 Å². The summed E-state index contributed by atoms with van der Waals surface area (Å²) in [7, 11) is -4.88. The molecular formula is C59H87NO20P2. The average molecular weight is 1190 g/mol. The summed E-state index contributed by atoms with van der Waals surface area (Å²) >= 11 is 0. The maximum absolute atomic E-state index is 14.6. The number of hydrogen-bond acceptors (Lipinski definition) is 17. The minimum absolute atomic E-state index is 0.0141. The summed E-state index contributed by atoms with van der Waals surface area (Å²) in [6.45, 7) is 12.4. The molecule has 5 N–H and O–H groups in total. The van der Waals surface area contributed by atoms with Crippen molar-refractivity contribution in [2.24, 2.45) is 35.5 Å². The molecule has 16 atom stereocenters. The van der Waals surface area contributed by atoms with Gasteiger partial charge in [0.15, 0.2) is 5.78 Å². The number of fused-ring (bicyclic) bond motifs is 3. The first-order valence-corrected chi connectivity index (χ1v) is 32.0. The van der Waals surface area contributed by atoms with Gasteiger partial charge >= 0.3 is 19.7 Å². The summed E-state index contributed by atoms with van der Waals surface area (Å²) in [4.78, 5) is 114. The Labute approximate surface area is 481 Å². The van der Waals surface area contributed by atoms with E-state index in [1.807, 2.05) is 51.2 Å². The summed E-state index contributed by atoms with van der Waals surface area (Å²) in [6, 6.07) is 3.38. The molecule has 4 aliphatic rings. The fourth-order valence-corrected chi connectivity index (χ4v) is 14.8. The molecule has 458 valence electrons. The first-order valence-electron chi connectivity index (χ1n) is 28.4. The van der Waals surface area contributed by atoms with Crippen LogP contribution in [-0.2, 0) is 61.5 Å². The van der Waals surface area contributed by atoms with Crippen LogP contribution in [0.25, 0.3) is 0 Å². The molecule has 3 fully saturated rings. The van der Waals surface area contributed by atoms with Gasteiger partial charge in [0.2, 0.25) is 13.2 Å². The van der Waals surface area contributed by atoms with Gasteiger partial charge in [0, 0.05) is 63.8 Å². The van der Waals surface area contributed by atoms with Gasteiger partial charge < -0.3 is 63.0 Å². The van der Waals surface area contributed by atoms with Crippen LogP contribution in [0.4, 0.5) is 4.79 Å². The van der Waals surface area contributed by atoms with Gasteiger partial charge in [0.05, 0.1) is 18.3 Å². The predicted octanol–water partition coefficient (Wildman–Crippen LogP) is 7.43.